The number of anilines is 1. The summed E-state index contributed by atoms with van der Waals surface area (Å²) >= 11 is 0. The third kappa shape index (κ3) is 5.41. The van der Waals surface area contributed by atoms with Crippen LogP contribution in [0.1, 0.15) is 29.8 Å². The number of carboxylic acid groups (broad SMARTS) is 1. The molecule has 0 radical (unpaired) electrons. The lowest BCUT2D eigenvalue weighted by atomic mass is 10.0. The van der Waals surface area contributed by atoms with E-state index in [1.807, 2.05) is 24.3 Å². The number of hydrogen-bond donors (Lipinski definition) is 2. The summed E-state index contributed by atoms with van der Waals surface area (Å²) in [5.41, 5.74) is 3.45. The van der Waals surface area contributed by atoms with E-state index in [2.05, 4.69) is 10.5 Å². The van der Waals surface area contributed by atoms with E-state index in [0.717, 1.165) is 23.3 Å². The van der Waals surface area contributed by atoms with Crippen LogP contribution in [0.5, 0.6) is 0 Å². The van der Waals surface area contributed by atoms with Gasteiger partial charge in [0.05, 0.1) is 12.0 Å². The molecule has 9 heteroatoms. The zero-order valence-electron chi connectivity index (χ0n) is 19.4. The summed E-state index contributed by atoms with van der Waals surface area (Å²) in [6.07, 6.45) is -2.14. The predicted molar refractivity (Wildman–Crippen MR) is 128 cm³/mol. The van der Waals surface area contributed by atoms with Gasteiger partial charge < -0.3 is 14.4 Å². The van der Waals surface area contributed by atoms with Crippen LogP contribution in [-0.4, -0.2) is 22.3 Å². The second-order valence-electron chi connectivity index (χ2n) is 8.12. The first kappa shape index (κ1) is 24.6. The number of hydrogen-bond acceptors (Lipinski definition) is 5. The standard InChI is InChI=1S/C27H22F2N2O5/c1-15-25(30-27(34)35-16(2)24-21(28)4-3-5-22(24)29)26(36-31-15)20-12-10-19(11-13-20)18-8-6-17(7-9-18)14-23(32)33/h3-13,16H,14H2,1-2H3,(H,30,34)(H,32,33). The number of aryl methyl sites for hydroxylation is 1. The lowest BCUT2D eigenvalue weighted by Gasteiger charge is -2.15. The molecule has 7 nitrogen and oxygen atoms in total. The van der Waals surface area contributed by atoms with Gasteiger partial charge in [0, 0.05) is 5.56 Å². The van der Waals surface area contributed by atoms with Crippen molar-refractivity contribution >= 4 is 17.7 Å². The Kier molecular flexibility index (Phi) is 7.10. The van der Waals surface area contributed by atoms with Crippen LogP contribution in [-0.2, 0) is 16.0 Å². The van der Waals surface area contributed by atoms with Gasteiger partial charge in [-0.3, -0.25) is 10.1 Å². The number of ether oxygens (including phenoxy) is 1. The van der Waals surface area contributed by atoms with Crippen LogP contribution in [0.15, 0.2) is 71.3 Å². The highest BCUT2D eigenvalue weighted by atomic mass is 19.1. The number of carboxylic acids is 1. The number of nitrogens with zero attached hydrogens (tertiary/aromatic N) is 1. The molecule has 0 saturated heterocycles. The fourth-order valence-corrected chi connectivity index (χ4v) is 3.77. The molecule has 0 spiro atoms. The number of nitrogens with one attached hydrogen (secondary N) is 1. The minimum Gasteiger partial charge on any atom is -0.481 e. The second kappa shape index (κ2) is 10.4. The Balaban J connectivity index is 1.49. The molecule has 1 unspecified atom stereocenters. The number of aliphatic carboxylic acids is 1. The van der Waals surface area contributed by atoms with Gasteiger partial charge >= 0.3 is 12.1 Å². The maximum atomic E-state index is 14.0. The summed E-state index contributed by atoms with van der Waals surface area (Å²) in [5, 5.41) is 15.4. The molecule has 3 aromatic carbocycles. The van der Waals surface area contributed by atoms with Crippen molar-refractivity contribution in [2.75, 3.05) is 5.32 Å². The Morgan fingerprint density at radius 3 is 2.11 bits per heavy atom. The van der Waals surface area contributed by atoms with E-state index in [1.54, 1.807) is 31.2 Å². The second-order valence-corrected chi connectivity index (χ2v) is 8.12. The molecule has 0 bridgehead atoms. The third-order valence-corrected chi connectivity index (χ3v) is 5.57. The highest BCUT2D eigenvalue weighted by Crippen LogP contribution is 2.33. The molecule has 1 amide bonds. The summed E-state index contributed by atoms with van der Waals surface area (Å²) in [6, 6.07) is 17.9. The first-order valence-electron chi connectivity index (χ1n) is 11.0. The van der Waals surface area contributed by atoms with E-state index in [1.165, 1.54) is 13.0 Å². The van der Waals surface area contributed by atoms with Gasteiger partial charge in [-0.2, -0.15) is 0 Å². The first-order valence-corrected chi connectivity index (χ1v) is 11.0. The van der Waals surface area contributed by atoms with Crippen molar-refractivity contribution in [2.24, 2.45) is 0 Å². The van der Waals surface area contributed by atoms with E-state index in [-0.39, 0.29) is 23.4 Å². The van der Waals surface area contributed by atoms with Crippen LogP contribution < -0.4 is 5.32 Å². The molecule has 0 saturated carbocycles. The minimum atomic E-state index is -1.17. The van der Waals surface area contributed by atoms with E-state index in [4.69, 9.17) is 14.4 Å². The minimum absolute atomic E-state index is 0.0454. The molecule has 36 heavy (non-hydrogen) atoms. The lowest BCUT2D eigenvalue weighted by molar-refractivity contribution is -0.136. The molecular formula is C27H22F2N2O5. The van der Waals surface area contributed by atoms with E-state index < -0.39 is 29.8 Å². The third-order valence-electron chi connectivity index (χ3n) is 5.57. The number of aromatic nitrogens is 1. The quantitative estimate of drug-likeness (QED) is 0.304. The number of halogens is 2. The molecule has 184 valence electrons. The Bertz CT molecular complexity index is 1380. The molecule has 4 rings (SSSR count). The zero-order valence-corrected chi connectivity index (χ0v) is 19.4. The average Bonchev–Trinajstić information content (AvgIpc) is 3.19. The Labute approximate surface area is 205 Å². The highest BCUT2D eigenvalue weighted by Gasteiger charge is 2.23. The summed E-state index contributed by atoms with van der Waals surface area (Å²) in [7, 11) is 0. The van der Waals surface area contributed by atoms with Gasteiger partial charge in [0.2, 0.25) is 0 Å². The average molecular weight is 492 g/mol. The number of amides is 1. The maximum Gasteiger partial charge on any atom is 0.412 e. The fraction of sp³-hybridized carbons (Fsp3) is 0.148. The Morgan fingerprint density at radius 1 is 0.972 bits per heavy atom. The molecule has 0 aliphatic rings. The molecule has 0 aliphatic carbocycles. The highest BCUT2D eigenvalue weighted by molar-refractivity contribution is 5.91. The molecule has 0 fully saturated rings. The fourth-order valence-electron chi connectivity index (χ4n) is 3.77. The van der Waals surface area contributed by atoms with Crippen molar-refractivity contribution in [2.45, 2.75) is 26.4 Å². The Morgan fingerprint density at radius 2 is 1.53 bits per heavy atom. The van der Waals surface area contributed by atoms with Crippen LogP contribution in [0.2, 0.25) is 0 Å². The smallest absolute Gasteiger partial charge is 0.412 e. The molecule has 4 aromatic rings. The molecule has 0 aliphatic heterocycles. The monoisotopic (exact) mass is 492 g/mol. The largest absolute Gasteiger partial charge is 0.481 e. The van der Waals surface area contributed by atoms with E-state index >= 15 is 0 Å². The summed E-state index contributed by atoms with van der Waals surface area (Å²) in [4.78, 5) is 23.4. The molecule has 1 heterocycles. The van der Waals surface area contributed by atoms with Crippen LogP contribution in [0.25, 0.3) is 22.5 Å². The SMILES string of the molecule is Cc1noc(-c2ccc(-c3ccc(CC(=O)O)cc3)cc2)c1NC(=O)OC(C)c1c(F)cccc1F. The number of carbonyl (C=O) groups is 2. The Hall–Kier alpha value is -4.53. The number of rotatable bonds is 7. The van der Waals surface area contributed by atoms with Crippen LogP contribution >= 0.6 is 0 Å². The van der Waals surface area contributed by atoms with Crippen LogP contribution in [0.4, 0.5) is 19.3 Å². The van der Waals surface area contributed by atoms with Gasteiger partial charge in [0.25, 0.3) is 0 Å². The zero-order chi connectivity index (χ0) is 25.8. The van der Waals surface area contributed by atoms with Gasteiger partial charge in [-0.15, -0.1) is 0 Å². The van der Waals surface area contributed by atoms with Gasteiger partial charge in [-0.25, -0.2) is 13.6 Å². The summed E-state index contributed by atoms with van der Waals surface area (Å²) in [6.45, 7) is 3.00. The molecule has 1 atom stereocenters. The van der Waals surface area contributed by atoms with Crippen LogP contribution in [0, 0.1) is 18.6 Å². The predicted octanol–water partition coefficient (Wildman–Crippen LogP) is 6.53. The number of carbonyl (C=O) groups excluding carboxylic acids is 1. The summed E-state index contributed by atoms with van der Waals surface area (Å²) in [5.74, 6) is -2.23. The van der Waals surface area contributed by atoms with Crippen molar-refractivity contribution in [3.63, 3.8) is 0 Å². The first-order chi connectivity index (χ1) is 17.2. The number of benzene rings is 3. The van der Waals surface area contributed by atoms with Crippen LogP contribution in [0.3, 0.4) is 0 Å². The van der Waals surface area contributed by atoms with Gasteiger partial charge in [0.1, 0.15) is 29.1 Å². The van der Waals surface area contributed by atoms with Crippen molar-refractivity contribution < 1.29 is 32.7 Å². The molecule has 2 N–H and O–H groups in total. The van der Waals surface area contributed by atoms with Gasteiger partial charge in [-0.05, 0) is 42.7 Å². The van der Waals surface area contributed by atoms with Gasteiger partial charge in [0.15, 0.2) is 5.76 Å². The van der Waals surface area contributed by atoms with E-state index in [9.17, 15) is 18.4 Å². The normalized spacial score (nSPS) is 11.7. The van der Waals surface area contributed by atoms with Crippen molar-refractivity contribution in [3.05, 3.63) is 95.2 Å². The van der Waals surface area contributed by atoms with Crippen molar-refractivity contribution in [3.8, 4) is 22.5 Å². The topological polar surface area (TPSA) is 102 Å². The summed E-state index contributed by atoms with van der Waals surface area (Å²) < 4.78 is 38.6. The van der Waals surface area contributed by atoms with Crippen molar-refractivity contribution in [1.29, 1.82) is 0 Å². The van der Waals surface area contributed by atoms with Gasteiger partial charge in [-0.1, -0.05) is 59.8 Å². The van der Waals surface area contributed by atoms with E-state index in [0.29, 0.717) is 16.8 Å². The lowest BCUT2D eigenvalue weighted by Crippen LogP contribution is -2.18. The maximum absolute atomic E-state index is 14.0. The molecule has 1 aromatic heterocycles. The van der Waals surface area contributed by atoms with Crippen molar-refractivity contribution in [1.82, 2.24) is 5.16 Å². The molecular weight excluding hydrogens is 470 g/mol.